The van der Waals surface area contributed by atoms with Gasteiger partial charge in [-0.15, -0.1) is 0 Å². The lowest BCUT2D eigenvalue weighted by Gasteiger charge is -2.07. The fourth-order valence-corrected chi connectivity index (χ4v) is 3.75. The van der Waals surface area contributed by atoms with Gasteiger partial charge in [0, 0.05) is 33.5 Å². The summed E-state index contributed by atoms with van der Waals surface area (Å²) in [7, 11) is -3.68. The smallest absolute Gasteiger partial charge is 0.264 e. The molecule has 0 radical (unpaired) electrons. The number of anilines is 1. The molecule has 3 aromatic rings. The van der Waals surface area contributed by atoms with Crippen molar-refractivity contribution in [1.82, 2.24) is 4.98 Å². The molecule has 0 unspecified atom stereocenters. The summed E-state index contributed by atoms with van der Waals surface area (Å²) in [6.07, 6.45) is 2.68. The van der Waals surface area contributed by atoms with Crippen LogP contribution in [0.4, 0.5) is 5.69 Å². The van der Waals surface area contributed by atoms with E-state index in [0.717, 1.165) is 9.99 Å². The molecule has 0 bridgehead atoms. The first-order valence-electron chi connectivity index (χ1n) is 6.39. The summed E-state index contributed by atoms with van der Waals surface area (Å²) in [6.45, 7) is 0. The molecule has 2 aromatic carbocycles. The van der Waals surface area contributed by atoms with Gasteiger partial charge in [-0.1, -0.05) is 34.1 Å². The number of aromatic amines is 1. The van der Waals surface area contributed by atoms with E-state index in [9.17, 15) is 8.42 Å². The minimum atomic E-state index is -3.68. The number of fused-ring (bicyclic) bond motifs is 1. The lowest BCUT2D eigenvalue weighted by atomic mass is 10.2. The fraction of sp³-hybridized carbons (Fsp3) is 0. The summed E-state index contributed by atoms with van der Waals surface area (Å²) in [5.74, 6) is 0. The maximum atomic E-state index is 12.5. The summed E-state index contributed by atoms with van der Waals surface area (Å²) in [4.78, 5) is 3.16. The molecule has 0 aliphatic carbocycles. The van der Waals surface area contributed by atoms with Crippen LogP contribution in [0, 0.1) is 5.41 Å². The Bertz CT molecular complexity index is 947. The zero-order valence-corrected chi connectivity index (χ0v) is 13.7. The van der Waals surface area contributed by atoms with Crippen molar-refractivity contribution in [2.75, 3.05) is 4.72 Å². The van der Waals surface area contributed by atoms with Gasteiger partial charge in [0.15, 0.2) is 0 Å². The zero-order chi connectivity index (χ0) is 15.7. The van der Waals surface area contributed by atoms with Crippen LogP contribution < -0.4 is 4.72 Å². The molecule has 5 nitrogen and oxygen atoms in total. The number of hydrogen-bond donors (Lipinski definition) is 3. The van der Waals surface area contributed by atoms with E-state index < -0.39 is 10.0 Å². The van der Waals surface area contributed by atoms with Crippen LogP contribution in [-0.4, -0.2) is 19.6 Å². The Labute approximate surface area is 136 Å². The van der Waals surface area contributed by atoms with Gasteiger partial charge in [0.25, 0.3) is 10.0 Å². The lowest BCUT2D eigenvalue weighted by Crippen LogP contribution is -2.12. The number of aromatic nitrogens is 1. The lowest BCUT2D eigenvalue weighted by molar-refractivity contribution is 0.602. The number of H-pyrrole nitrogens is 1. The minimum absolute atomic E-state index is 0.200. The SMILES string of the molecule is N=Cc1ccc(NS(=O)(=O)c2c[nH]c3cc(Br)ccc23)cc1. The number of rotatable bonds is 4. The number of hydrogen-bond acceptors (Lipinski definition) is 3. The highest BCUT2D eigenvalue weighted by atomic mass is 79.9. The highest BCUT2D eigenvalue weighted by Crippen LogP contribution is 2.27. The van der Waals surface area contributed by atoms with E-state index >= 15 is 0 Å². The van der Waals surface area contributed by atoms with Crippen LogP contribution in [0.3, 0.4) is 0 Å². The Morgan fingerprint density at radius 1 is 1.14 bits per heavy atom. The number of benzene rings is 2. The summed E-state index contributed by atoms with van der Waals surface area (Å²) < 4.78 is 28.5. The molecule has 1 aromatic heterocycles. The van der Waals surface area contributed by atoms with Crippen LogP contribution in [0.2, 0.25) is 0 Å². The molecule has 7 heteroatoms. The first-order chi connectivity index (χ1) is 10.5. The third-order valence-electron chi connectivity index (χ3n) is 3.22. The summed E-state index contributed by atoms with van der Waals surface area (Å²) in [6, 6.07) is 12.0. The molecule has 0 amide bonds. The highest BCUT2D eigenvalue weighted by molar-refractivity contribution is 9.10. The number of sulfonamides is 1. The average molecular weight is 378 g/mol. The molecule has 0 spiro atoms. The van der Waals surface area contributed by atoms with E-state index in [2.05, 4.69) is 25.6 Å². The Hall–Kier alpha value is -2.12. The van der Waals surface area contributed by atoms with Gasteiger partial charge in [-0.3, -0.25) is 4.72 Å². The van der Waals surface area contributed by atoms with Crippen LogP contribution in [0.1, 0.15) is 5.56 Å². The molecule has 0 aliphatic heterocycles. The summed E-state index contributed by atoms with van der Waals surface area (Å²) in [5.41, 5.74) is 1.91. The molecule has 0 saturated carbocycles. The van der Waals surface area contributed by atoms with Gasteiger partial charge < -0.3 is 10.4 Å². The van der Waals surface area contributed by atoms with Gasteiger partial charge >= 0.3 is 0 Å². The number of halogens is 1. The molecule has 112 valence electrons. The first-order valence-corrected chi connectivity index (χ1v) is 8.67. The Kier molecular flexibility index (Phi) is 3.76. The molecule has 0 saturated heterocycles. The molecule has 0 fully saturated rings. The third-order valence-corrected chi connectivity index (χ3v) is 5.14. The van der Waals surface area contributed by atoms with E-state index in [1.807, 2.05) is 6.07 Å². The molecular weight excluding hydrogens is 366 g/mol. The Morgan fingerprint density at radius 2 is 1.86 bits per heavy atom. The van der Waals surface area contributed by atoms with E-state index in [1.165, 1.54) is 12.4 Å². The number of nitrogens with one attached hydrogen (secondary N) is 3. The minimum Gasteiger partial charge on any atom is -0.360 e. The summed E-state index contributed by atoms with van der Waals surface area (Å²) >= 11 is 3.36. The molecule has 3 N–H and O–H groups in total. The van der Waals surface area contributed by atoms with Crippen LogP contribution in [0.5, 0.6) is 0 Å². The Morgan fingerprint density at radius 3 is 2.55 bits per heavy atom. The standard InChI is InChI=1S/C15H12BrN3O2S/c16-11-3-6-13-14(7-11)18-9-15(13)22(20,21)19-12-4-1-10(8-17)2-5-12/h1-9,17-19H. The molecular formula is C15H12BrN3O2S. The topological polar surface area (TPSA) is 85.8 Å². The Balaban J connectivity index is 1.98. The van der Waals surface area contributed by atoms with E-state index in [0.29, 0.717) is 16.6 Å². The van der Waals surface area contributed by atoms with Crippen LogP contribution in [-0.2, 0) is 10.0 Å². The zero-order valence-electron chi connectivity index (χ0n) is 11.3. The van der Waals surface area contributed by atoms with Gasteiger partial charge in [-0.2, -0.15) is 0 Å². The van der Waals surface area contributed by atoms with Crippen molar-refractivity contribution in [3.63, 3.8) is 0 Å². The van der Waals surface area contributed by atoms with Gasteiger partial charge in [-0.05, 0) is 29.8 Å². The second kappa shape index (κ2) is 5.58. The highest BCUT2D eigenvalue weighted by Gasteiger charge is 2.19. The normalized spacial score (nSPS) is 11.5. The quantitative estimate of drug-likeness (QED) is 0.605. The largest absolute Gasteiger partial charge is 0.360 e. The van der Waals surface area contributed by atoms with Crippen molar-refractivity contribution >= 4 is 48.8 Å². The van der Waals surface area contributed by atoms with Gasteiger partial charge in [-0.25, -0.2) is 8.42 Å². The van der Waals surface area contributed by atoms with Crippen molar-refractivity contribution in [3.8, 4) is 0 Å². The van der Waals surface area contributed by atoms with Gasteiger partial charge in [0.1, 0.15) is 4.90 Å². The van der Waals surface area contributed by atoms with Crippen molar-refractivity contribution < 1.29 is 8.42 Å². The molecule has 3 rings (SSSR count). The van der Waals surface area contributed by atoms with Gasteiger partial charge in [0.2, 0.25) is 0 Å². The van der Waals surface area contributed by atoms with Crippen molar-refractivity contribution in [2.45, 2.75) is 4.90 Å². The van der Waals surface area contributed by atoms with Crippen LogP contribution in [0.25, 0.3) is 10.9 Å². The second-order valence-electron chi connectivity index (χ2n) is 4.71. The van der Waals surface area contributed by atoms with Crippen LogP contribution in [0.15, 0.2) is 58.0 Å². The second-order valence-corrected chi connectivity index (χ2v) is 7.28. The maximum Gasteiger partial charge on any atom is 0.264 e. The molecule has 1 heterocycles. The first kappa shape index (κ1) is 14.8. The van der Waals surface area contributed by atoms with E-state index in [1.54, 1.807) is 36.4 Å². The molecule has 22 heavy (non-hydrogen) atoms. The third kappa shape index (κ3) is 2.77. The molecule has 0 atom stereocenters. The predicted octanol–water partition coefficient (Wildman–Crippen LogP) is 3.73. The van der Waals surface area contributed by atoms with E-state index in [-0.39, 0.29) is 4.90 Å². The predicted molar refractivity (Wildman–Crippen MR) is 91.1 cm³/mol. The molecule has 0 aliphatic rings. The van der Waals surface area contributed by atoms with Gasteiger partial charge in [0.05, 0.1) is 0 Å². The average Bonchev–Trinajstić information content (AvgIpc) is 2.91. The van der Waals surface area contributed by atoms with Crippen LogP contribution >= 0.6 is 15.9 Å². The summed E-state index contributed by atoms with van der Waals surface area (Å²) in [5, 5.41) is 7.78. The van der Waals surface area contributed by atoms with Crippen molar-refractivity contribution in [3.05, 3.63) is 58.7 Å². The monoisotopic (exact) mass is 377 g/mol. The van der Waals surface area contributed by atoms with Crippen molar-refractivity contribution in [1.29, 1.82) is 5.41 Å². The maximum absolute atomic E-state index is 12.5. The van der Waals surface area contributed by atoms with E-state index in [4.69, 9.17) is 5.41 Å². The van der Waals surface area contributed by atoms with Crippen molar-refractivity contribution in [2.24, 2.45) is 0 Å². The fourth-order valence-electron chi connectivity index (χ4n) is 2.15.